The van der Waals surface area contributed by atoms with Gasteiger partial charge in [-0.05, 0) is 43.3 Å². The minimum Gasteiger partial charge on any atom is -0.478 e. The Balaban J connectivity index is 1.63. The summed E-state index contributed by atoms with van der Waals surface area (Å²) in [5.74, 6) is -1.05. The van der Waals surface area contributed by atoms with E-state index in [-0.39, 0.29) is 10.6 Å². The summed E-state index contributed by atoms with van der Waals surface area (Å²) in [6.07, 6.45) is -0.936. The maximum Gasteiger partial charge on any atom is 0.265 e. The summed E-state index contributed by atoms with van der Waals surface area (Å²) < 4.78 is 50.7. The van der Waals surface area contributed by atoms with Gasteiger partial charge in [-0.25, -0.2) is 12.8 Å². The standard InChI is InChI=1S/C19H21FN2O5S/c1-14(27-18-5-3-2-4-17(18)20)19(23)21-15-6-8-16(9-7-15)28(24,25)22-10-12-26-13-11-22/h2-9,14H,10-13H2,1H3,(H,21,23)/t14-/m1/s1. The van der Waals surface area contributed by atoms with Crippen LogP contribution in [-0.4, -0.2) is 51.0 Å². The maximum atomic E-state index is 13.6. The van der Waals surface area contributed by atoms with Gasteiger partial charge in [0.15, 0.2) is 17.7 Å². The number of carbonyl (C=O) groups is 1. The first-order valence-corrected chi connectivity index (χ1v) is 10.2. The summed E-state index contributed by atoms with van der Waals surface area (Å²) in [6, 6.07) is 11.7. The largest absolute Gasteiger partial charge is 0.478 e. The molecule has 9 heteroatoms. The van der Waals surface area contributed by atoms with Crippen LogP contribution < -0.4 is 10.1 Å². The van der Waals surface area contributed by atoms with Gasteiger partial charge in [-0.3, -0.25) is 4.79 Å². The van der Waals surface area contributed by atoms with E-state index in [4.69, 9.17) is 9.47 Å². The zero-order chi connectivity index (χ0) is 20.1. The lowest BCUT2D eigenvalue weighted by molar-refractivity contribution is -0.122. The number of hydrogen-bond acceptors (Lipinski definition) is 5. The van der Waals surface area contributed by atoms with Crippen LogP contribution in [0.15, 0.2) is 53.4 Å². The topological polar surface area (TPSA) is 84.9 Å². The Bertz CT molecular complexity index is 928. The lowest BCUT2D eigenvalue weighted by Gasteiger charge is -2.26. The van der Waals surface area contributed by atoms with Crippen LogP contribution >= 0.6 is 0 Å². The summed E-state index contributed by atoms with van der Waals surface area (Å²) >= 11 is 0. The van der Waals surface area contributed by atoms with E-state index in [2.05, 4.69) is 5.32 Å². The normalized spacial score (nSPS) is 16.4. The molecule has 1 atom stereocenters. The van der Waals surface area contributed by atoms with E-state index < -0.39 is 27.9 Å². The quantitative estimate of drug-likeness (QED) is 0.793. The van der Waals surface area contributed by atoms with Crippen LogP contribution in [0.25, 0.3) is 0 Å². The summed E-state index contributed by atoms with van der Waals surface area (Å²) in [7, 11) is -3.59. The second-order valence-corrected chi connectivity index (χ2v) is 8.16. The highest BCUT2D eigenvalue weighted by Gasteiger charge is 2.26. The van der Waals surface area contributed by atoms with Gasteiger partial charge in [0.1, 0.15) is 0 Å². The molecule has 7 nitrogen and oxygen atoms in total. The molecule has 1 fully saturated rings. The molecular weight excluding hydrogens is 387 g/mol. The summed E-state index contributed by atoms with van der Waals surface area (Å²) in [5, 5.41) is 2.62. The first-order chi connectivity index (χ1) is 13.4. The van der Waals surface area contributed by atoms with Crippen LogP contribution in [0.1, 0.15) is 6.92 Å². The van der Waals surface area contributed by atoms with Gasteiger partial charge in [-0.1, -0.05) is 12.1 Å². The molecule has 1 amide bonds. The Morgan fingerprint density at radius 3 is 2.43 bits per heavy atom. The van der Waals surface area contributed by atoms with Crippen LogP contribution in [0.2, 0.25) is 0 Å². The number of rotatable bonds is 6. The van der Waals surface area contributed by atoms with Crippen molar-refractivity contribution in [2.24, 2.45) is 0 Å². The highest BCUT2D eigenvalue weighted by atomic mass is 32.2. The van der Waals surface area contributed by atoms with E-state index in [1.807, 2.05) is 0 Å². The van der Waals surface area contributed by atoms with E-state index in [1.165, 1.54) is 53.7 Å². The van der Waals surface area contributed by atoms with Crippen molar-refractivity contribution in [1.82, 2.24) is 4.31 Å². The van der Waals surface area contributed by atoms with Crippen LogP contribution in [0.3, 0.4) is 0 Å². The highest BCUT2D eigenvalue weighted by molar-refractivity contribution is 7.89. The van der Waals surface area contributed by atoms with Crippen molar-refractivity contribution in [2.75, 3.05) is 31.6 Å². The highest BCUT2D eigenvalue weighted by Crippen LogP contribution is 2.20. The lowest BCUT2D eigenvalue weighted by Crippen LogP contribution is -2.40. The van der Waals surface area contributed by atoms with Crippen molar-refractivity contribution in [3.8, 4) is 5.75 Å². The first kappa shape index (κ1) is 20.2. The fourth-order valence-electron chi connectivity index (χ4n) is 2.67. The molecule has 0 unspecified atom stereocenters. The average molecular weight is 408 g/mol. The molecule has 1 heterocycles. The molecule has 1 aliphatic rings. The van der Waals surface area contributed by atoms with Gasteiger partial charge in [0, 0.05) is 18.8 Å². The molecule has 150 valence electrons. The number of amides is 1. The smallest absolute Gasteiger partial charge is 0.265 e. The van der Waals surface area contributed by atoms with E-state index in [9.17, 15) is 17.6 Å². The van der Waals surface area contributed by atoms with Gasteiger partial charge in [0.25, 0.3) is 5.91 Å². The van der Waals surface area contributed by atoms with Crippen molar-refractivity contribution in [2.45, 2.75) is 17.9 Å². The minimum absolute atomic E-state index is 0.0166. The summed E-state index contributed by atoms with van der Waals surface area (Å²) in [6.45, 7) is 2.86. The molecular formula is C19H21FN2O5S. The number of benzene rings is 2. The molecule has 0 bridgehead atoms. The molecule has 0 aromatic heterocycles. The van der Waals surface area contributed by atoms with Gasteiger partial charge in [0.2, 0.25) is 10.0 Å². The number of ether oxygens (including phenoxy) is 2. The van der Waals surface area contributed by atoms with Gasteiger partial charge >= 0.3 is 0 Å². The van der Waals surface area contributed by atoms with Gasteiger partial charge in [-0.15, -0.1) is 0 Å². The molecule has 1 N–H and O–H groups in total. The molecule has 0 radical (unpaired) electrons. The van der Waals surface area contributed by atoms with E-state index in [1.54, 1.807) is 6.07 Å². The number of nitrogens with zero attached hydrogens (tertiary/aromatic N) is 1. The number of carbonyl (C=O) groups excluding carboxylic acids is 1. The molecule has 2 aromatic carbocycles. The van der Waals surface area contributed by atoms with Gasteiger partial charge in [-0.2, -0.15) is 4.31 Å². The van der Waals surface area contributed by atoms with Crippen molar-refractivity contribution < 1.29 is 27.1 Å². The molecule has 1 saturated heterocycles. The average Bonchev–Trinajstić information content (AvgIpc) is 2.70. The molecule has 0 saturated carbocycles. The van der Waals surface area contributed by atoms with Gasteiger partial charge < -0.3 is 14.8 Å². The number of hydrogen-bond donors (Lipinski definition) is 1. The summed E-state index contributed by atoms with van der Waals surface area (Å²) in [5.41, 5.74) is 0.412. The monoisotopic (exact) mass is 408 g/mol. The third-order valence-electron chi connectivity index (χ3n) is 4.24. The number of para-hydroxylation sites is 1. The number of sulfonamides is 1. The van der Waals surface area contributed by atoms with Crippen LogP contribution in [0.5, 0.6) is 5.75 Å². The fourth-order valence-corrected chi connectivity index (χ4v) is 4.08. The fraction of sp³-hybridized carbons (Fsp3) is 0.316. The van der Waals surface area contributed by atoms with Gasteiger partial charge in [0.05, 0.1) is 18.1 Å². The van der Waals surface area contributed by atoms with E-state index in [0.717, 1.165) is 0 Å². The lowest BCUT2D eigenvalue weighted by atomic mass is 10.3. The van der Waals surface area contributed by atoms with Crippen LogP contribution in [0.4, 0.5) is 10.1 Å². The molecule has 2 aromatic rings. The molecule has 1 aliphatic heterocycles. The second kappa shape index (κ2) is 8.68. The Morgan fingerprint density at radius 2 is 1.79 bits per heavy atom. The zero-order valence-corrected chi connectivity index (χ0v) is 16.1. The molecule has 28 heavy (non-hydrogen) atoms. The molecule has 0 aliphatic carbocycles. The van der Waals surface area contributed by atoms with Crippen molar-refractivity contribution in [3.63, 3.8) is 0 Å². The Labute approximate surface area is 163 Å². The third kappa shape index (κ3) is 4.67. The maximum absolute atomic E-state index is 13.6. The van der Waals surface area contributed by atoms with E-state index >= 15 is 0 Å². The zero-order valence-electron chi connectivity index (χ0n) is 15.3. The van der Waals surface area contributed by atoms with Crippen LogP contribution in [-0.2, 0) is 19.6 Å². The van der Waals surface area contributed by atoms with E-state index in [0.29, 0.717) is 32.0 Å². The Morgan fingerprint density at radius 1 is 1.14 bits per heavy atom. The third-order valence-corrected chi connectivity index (χ3v) is 6.15. The molecule has 3 rings (SSSR count). The van der Waals surface area contributed by atoms with Crippen molar-refractivity contribution in [3.05, 3.63) is 54.3 Å². The summed E-state index contributed by atoms with van der Waals surface area (Å²) in [4.78, 5) is 12.4. The number of nitrogens with one attached hydrogen (secondary N) is 1. The number of anilines is 1. The van der Waals surface area contributed by atoms with Crippen molar-refractivity contribution in [1.29, 1.82) is 0 Å². The first-order valence-electron chi connectivity index (χ1n) is 8.78. The Kier molecular flexibility index (Phi) is 6.28. The SMILES string of the molecule is C[C@@H](Oc1ccccc1F)C(=O)Nc1ccc(S(=O)(=O)N2CCOCC2)cc1. The predicted molar refractivity (Wildman–Crippen MR) is 101 cm³/mol. The Hall–Kier alpha value is -2.49. The molecule has 0 spiro atoms. The predicted octanol–water partition coefficient (Wildman–Crippen LogP) is 2.25. The number of morpholine rings is 1. The second-order valence-electron chi connectivity index (χ2n) is 6.22. The van der Waals surface area contributed by atoms with Crippen LogP contribution in [0, 0.1) is 5.82 Å². The number of halogens is 1. The van der Waals surface area contributed by atoms with Crippen molar-refractivity contribution >= 4 is 21.6 Å². The minimum atomic E-state index is -3.59.